The van der Waals surface area contributed by atoms with Crippen LogP contribution >= 0.6 is 0 Å². The number of hydrogen-bond donors (Lipinski definition) is 0. The number of nitrogens with zero attached hydrogens (tertiary/aromatic N) is 5. The fourth-order valence-corrected chi connectivity index (χ4v) is 4.27. The highest BCUT2D eigenvalue weighted by Gasteiger charge is 2.34. The van der Waals surface area contributed by atoms with Crippen molar-refractivity contribution < 1.29 is 26.7 Å². The highest BCUT2D eigenvalue weighted by atomic mass is 19.4. The fraction of sp³-hybridized carbons (Fsp3) is 0.214. The molecule has 0 radical (unpaired) electrons. The second-order valence-electron chi connectivity index (χ2n) is 9.06. The normalized spacial score (nSPS) is 11.9. The molecule has 0 saturated carbocycles. The first-order chi connectivity index (χ1) is 18.5. The van der Waals surface area contributed by atoms with Gasteiger partial charge in [0.25, 0.3) is 12.4 Å². The van der Waals surface area contributed by atoms with Crippen LogP contribution in [0, 0.1) is 20.8 Å². The number of rotatable bonds is 5. The van der Waals surface area contributed by atoms with Gasteiger partial charge in [-0.05, 0) is 74.4 Å². The molecule has 39 heavy (non-hydrogen) atoms. The molecule has 0 amide bonds. The number of benzene rings is 2. The largest absolute Gasteiger partial charge is 0.497 e. The maximum atomic E-state index is 14.2. The SMILES string of the molecule is COc1ccc(-c2cc(C(F)(F)F)nc(-n3nc(C)c4c(C(F)F)cc(-c5ccc(C)c(C)c5)nc43)n2)cc1. The van der Waals surface area contributed by atoms with Gasteiger partial charge in [0.2, 0.25) is 0 Å². The van der Waals surface area contributed by atoms with Crippen LogP contribution in [0.4, 0.5) is 22.0 Å². The maximum Gasteiger partial charge on any atom is 0.433 e. The molecule has 0 fully saturated rings. The second-order valence-corrected chi connectivity index (χ2v) is 9.06. The summed E-state index contributed by atoms with van der Waals surface area (Å²) in [5.74, 6) is 0.0686. The van der Waals surface area contributed by atoms with Gasteiger partial charge in [0, 0.05) is 16.7 Å². The van der Waals surface area contributed by atoms with Crippen molar-refractivity contribution in [2.45, 2.75) is 33.4 Å². The molecule has 0 bridgehead atoms. The summed E-state index contributed by atoms with van der Waals surface area (Å²) in [6, 6.07) is 13.8. The number of pyridine rings is 1. The molecule has 5 rings (SSSR count). The Morgan fingerprint density at radius 1 is 0.795 bits per heavy atom. The van der Waals surface area contributed by atoms with Crippen molar-refractivity contribution in [3.8, 4) is 34.2 Å². The minimum absolute atomic E-state index is 0.0318. The molecule has 0 atom stereocenters. The number of fused-ring (bicyclic) bond motifs is 1. The van der Waals surface area contributed by atoms with Crippen LogP contribution in [0.1, 0.15) is 34.5 Å². The lowest BCUT2D eigenvalue weighted by Crippen LogP contribution is -2.14. The molecular formula is C28H22F5N5O. The zero-order valence-corrected chi connectivity index (χ0v) is 21.3. The number of ether oxygens (including phenoxy) is 1. The van der Waals surface area contributed by atoms with E-state index in [0.717, 1.165) is 21.9 Å². The summed E-state index contributed by atoms with van der Waals surface area (Å²) in [6.07, 6.45) is -7.68. The molecule has 3 aromatic heterocycles. The number of methoxy groups -OCH3 is 1. The van der Waals surface area contributed by atoms with Gasteiger partial charge in [-0.2, -0.15) is 23.0 Å². The predicted octanol–water partition coefficient (Wildman–Crippen LogP) is 7.43. The van der Waals surface area contributed by atoms with Crippen LogP contribution in [0.25, 0.3) is 39.5 Å². The van der Waals surface area contributed by atoms with Gasteiger partial charge in [0.15, 0.2) is 11.3 Å². The summed E-state index contributed by atoms with van der Waals surface area (Å²) < 4.78 is 76.3. The van der Waals surface area contributed by atoms with Gasteiger partial charge in [-0.3, -0.25) is 0 Å². The standard InChI is InChI=1S/C28H22F5N5O/c1-14-5-6-18(11-15(14)2)21-12-20(25(29)30)24-16(3)37-38(26(24)34-21)27-35-22(13-23(36-27)28(31,32)33)17-7-9-19(39-4)10-8-17/h5-13,25H,1-4H3. The Balaban J connectivity index is 1.78. The number of aryl methyl sites for hydroxylation is 3. The van der Waals surface area contributed by atoms with Crippen LogP contribution in [0.5, 0.6) is 5.75 Å². The molecule has 0 N–H and O–H groups in total. The van der Waals surface area contributed by atoms with E-state index in [-0.39, 0.29) is 33.7 Å². The van der Waals surface area contributed by atoms with Gasteiger partial charge < -0.3 is 4.74 Å². The summed E-state index contributed by atoms with van der Waals surface area (Å²) in [4.78, 5) is 12.6. The van der Waals surface area contributed by atoms with Gasteiger partial charge in [-0.1, -0.05) is 12.1 Å². The van der Waals surface area contributed by atoms with E-state index in [1.54, 1.807) is 30.3 Å². The summed E-state index contributed by atoms with van der Waals surface area (Å²) in [5, 5.41) is 4.30. The molecule has 0 saturated heterocycles. The molecule has 0 spiro atoms. The van der Waals surface area contributed by atoms with E-state index in [1.165, 1.54) is 20.1 Å². The highest BCUT2D eigenvalue weighted by Crippen LogP contribution is 2.36. The van der Waals surface area contributed by atoms with Crippen LogP contribution in [-0.2, 0) is 6.18 Å². The molecule has 0 unspecified atom stereocenters. The van der Waals surface area contributed by atoms with Gasteiger partial charge in [-0.15, -0.1) is 0 Å². The van der Waals surface area contributed by atoms with E-state index in [2.05, 4.69) is 20.1 Å². The van der Waals surface area contributed by atoms with Crippen LogP contribution in [0.3, 0.4) is 0 Å². The van der Waals surface area contributed by atoms with Crippen molar-refractivity contribution in [1.29, 1.82) is 0 Å². The van der Waals surface area contributed by atoms with E-state index in [1.807, 2.05) is 26.0 Å². The average Bonchev–Trinajstić information content (AvgIpc) is 3.25. The van der Waals surface area contributed by atoms with E-state index in [0.29, 0.717) is 16.9 Å². The molecule has 0 aliphatic heterocycles. The average molecular weight is 540 g/mol. The molecule has 200 valence electrons. The highest BCUT2D eigenvalue weighted by molar-refractivity contribution is 5.86. The lowest BCUT2D eigenvalue weighted by molar-refractivity contribution is -0.141. The minimum atomic E-state index is -4.80. The molecule has 11 heteroatoms. The van der Waals surface area contributed by atoms with Crippen LogP contribution in [0.2, 0.25) is 0 Å². The van der Waals surface area contributed by atoms with Crippen LogP contribution in [0.15, 0.2) is 54.6 Å². The van der Waals surface area contributed by atoms with Crippen molar-refractivity contribution in [1.82, 2.24) is 24.7 Å². The van der Waals surface area contributed by atoms with Gasteiger partial charge in [0.1, 0.15) is 5.75 Å². The Morgan fingerprint density at radius 2 is 1.46 bits per heavy atom. The first kappa shape index (κ1) is 26.2. The zero-order chi connectivity index (χ0) is 28.1. The molecule has 3 heterocycles. The zero-order valence-electron chi connectivity index (χ0n) is 21.3. The smallest absolute Gasteiger partial charge is 0.433 e. The van der Waals surface area contributed by atoms with Crippen molar-refractivity contribution in [3.05, 3.63) is 82.7 Å². The first-order valence-corrected chi connectivity index (χ1v) is 11.8. The van der Waals surface area contributed by atoms with Crippen molar-refractivity contribution in [2.75, 3.05) is 7.11 Å². The Labute approximate surface area is 220 Å². The number of aromatic nitrogens is 5. The van der Waals surface area contributed by atoms with E-state index >= 15 is 0 Å². The third-order valence-electron chi connectivity index (χ3n) is 6.46. The lowest BCUT2D eigenvalue weighted by atomic mass is 10.0. The summed E-state index contributed by atoms with van der Waals surface area (Å²) >= 11 is 0. The maximum absolute atomic E-state index is 14.2. The quantitative estimate of drug-likeness (QED) is 0.217. The number of alkyl halides is 5. The van der Waals surface area contributed by atoms with E-state index < -0.39 is 24.2 Å². The van der Waals surface area contributed by atoms with Crippen molar-refractivity contribution >= 4 is 11.0 Å². The second kappa shape index (κ2) is 9.72. The first-order valence-electron chi connectivity index (χ1n) is 11.8. The molecular weight excluding hydrogens is 517 g/mol. The van der Waals surface area contributed by atoms with Gasteiger partial charge in [0.05, 0.1) is 29.6 Å². The van der Waals surface area contributed by atoms with Gasteiger partial charge in [-0.25, -0.2) is 23.7 Å². The summed E-state index contributed by atoms with van der Waals surface area (Å²) in [6.45, 7) is 5.29. The summed E-state index contributed by atoms with van der Waals surface area (Å²) in [7, 11) is 1.47. The van der Waals surface area contributed by atoms with Crippen molar-refractivity contribution in [3.63, 3.8) is 0 Å². The Kier molecular flexibility index (Phi) is 6.53. The number of halogens is 5. The Morgan fingerprint density at radius 3 is 2.08 bits per heavy atom. The predicted molar refractivity (Wildman–Crippen MR) is 136 cm³/mol. The summed E-state index contributed by atoms with van der Waals surface area (Å²) in [5.41, 5.74) is 1.64. The molecule has 2 aromatic carbocycles. The van der Waals surface area contributed by atoms with Gasteiger partial charge >= 0.3 is 6.18 Å². The number of hydrogen-bond acceptors (Lipinski definition) is 5. The molecule has 6 nitrogen and oxygen atoms in total. The minimum Gasteiger partial charge on any atom is -0.497 e. The third-order valence-corrected chi connectivity index (χ3v) is 6.46. The van der Waals surface area contributed by atoms with Crippen LogP contribution < -0.4 is 4.74 Å². The van der Waals surface area contributed by atoms with E-state index in [9.17, 15) is 22.0 Å². The van der Waals surface area contributed by atoms with E-state index in [4.69, 9.17) is 4.74 Å². The molecule has 0 aliphatic carbocycles. The topological polar surface area (TPSA) is 65.7 Å². The third kappa shape index (κ3) is 4.91. The lowest BCUT2D eigenvalue weighted by Gasteiger charge is -2.12. The monoisotopic (exact) mass is 539 g/mol. The fourth-order valence-electron chi connectivity index (χ4n) is 4.27. The Bertz CT molecular complexity index is 1690. The van der Waals surface area contributed by atoms with Crippen LogP contribution in [-0.4, -0.2) is 31.8 Å². The van der Waals surface area contributed by atoms with Crippen molar-refractivity contribution in [2.24, 2.45) is 0 Å². The molecule has 5 aromatic rings. The Hall–Kier alpha value is -4.41. The molecule has 0 aliphatic rings.